The molecule has 7 heteroatoms. The Morgan fingerprint density at radius 1 is 1.38 bits per heavy atom. The van der Waals surface area contributed by atoms with Crippen LogP contribution in [0.1, 0.15) is 10.4 Å². The molecule has 1 aromatic rings. The van der Waals surface area contributed by atoms with Crippen LogP contribution in [0.3, 0.4) is 0 Å². The Morgan fingerprint density at radius 3 is 2.50 bits per heavy atom. The summed E-state index contributed by atoms with van der Waals surface area (Å²) >= 11 is 6.09. The number of benzene rings is 1. The summed E-state index contributed by atoms with van der Waals surface area (Å²) in [7, 11) is 1.20. The van der Waals surface area contributed by atoms with Crippen molar-refractivity contribution in [2.24, 2.45) is 0 Å². The molecular formula is C9H6Br2F2O3. The van der Waals surface area contributed by atoms with Crippen LogP contribution in [0.5, 0.6) is 5.75 Å². The molecule has 0 spiro atoms. The number of alkyl halides is 2. The first-order valence-corrected chi connectivity index (χ1v) is 5.56. The summed E-state index contributed by atoms with van der Waals surface area (Å²) in [4.78, 5) is 11.3. The number of carbonyl (C=O) groups excluding carboxylic acids is 1. The Balaban J connectivity index is 3.20. The van der Waals surface area contributed by atoms with Crippen LogP contribution in [-0.2, 0) is 4.74 Å². The van der Waals surface area contributed by atoms with Gasteiger partial charge in [-0.2, -0.15) is 8.78 Å². The molecule has 3 nitrogen and oxygen atoms in total. The third-order valence-electron chi connectivity index (χ3n) is 1.63. The number of methoxy groups -OCH3 is 1. The number of hydrogen-bond acceptors (Lipinski definition) is 3. The highest BCUT2D eigenvalue weighted by Crippen LogP contribution is 2.33. The summed E-state index contributed by atoms with van der Waals surface area (Å²) in [5.41, 5.74) is 0.104. The first kappa shape index (κ1) is 13.4. The van der Waals surface area contributed by atoms with E-state index >= 15 is 0 Å². The molecule has 1 rings (SSSR count). The van der Waals surface area contributed by atoms with Crippen LogP contribution in [0.2, 0.25) is 0 Å². The Hall–Kier alpha value is -0.690. The molecule has 88 valence electrons. The van der Waals surface area contributed by atoms with E-state index in [1.165, 1.54) is 19.2 Å². The summed E-state index contributed by atoms with van der Waals surface area (Å²) < 4.78 is 33.5. The fourth-order valence-corrected chi connectivity index (χ4v) is 1.93. The third kappa shape index (κ3) is 3.15. The van der Waals surface area contributed by atoms with Gasteiger partial charge in [-0.05, 0) is 28.1 Å². The molecule has 0 fully saturated rings. The zero-order valence-corrected chi connectivity index (χ0v) is 11.1. The van der Waals surface area contributed by atoms with Gasteiger partial charge in [0.1, 0.15) is 5.75 Å². The van der Waals surface area contributed by atoms with Gasteiger partial charge in [0.05, 0.1) is 17.1 Å². The second kappa shape index (κ2) is 5.58. The topological polar surface area (TPSA) is 35.5 Å². The molecule has 0 aliphatic carbocycles. The largest absolute Gasteiger partial charge is 0.465 e. The number of ether oxygens (including phenoxy) is 2. The van der Waals surface area contributed by atoms with Gasteiger partial charge in [-0.3, -0.25) is 0 Å². The fraction of sp³-hybridized carbons (Fsp3) is 0.222. The summed E-state index contributed by atoms with van der Waals surface area (Å²) in [5.74, 6) is -0.780. The van der Waals surface area contributed by atoms with Gasteiger partial charge in [0.15, 0.2) is 0 Å². The van der Waals surface area contributed by atoms with Crippen molar-refractivity contribution in [2.75, 3.05) is 7.11 Å². The lowest BCUT2D eigenvalue weighted by molar-refractivity contribution is -0.0504. The zero-order chi connectivity index (χ0) is 12.3. The lowest BCUT2D eigenvalue weighted by atomic mass is 10.2. The molecule has 0 saturated carbocycles. The SMILES string of the molecule is COC(=O)c1cc(Br)cc(OC(F)F)c1Br. The summed E-state index contributed by atoms with van der Waals surface area (Å²) in [6.45, 7) is -2.96. The monoisotopic (exact) mass is 358 g/mol. The van der Waals surface area contributed by atoms with Gasteiger partial charge >= 0.3 is 12.6 Å². The van der Waals surface area contributed by atoms with Crippen molar-refractivity contribution >= 4 is 37.8 Å². The molecule has 0 unspecified atom stereocenters. The van der Waals surface area contributed by atoms with Gasteiger partial charge in [0.2, 0.25) is 0 Å². The summed E-state index contributed by atoms with van der Waals surface area (Å²) in [5, 5.41) is 0. The van der Waals surface area contributed by atoms with E-state index in [1.807, 2.05) is 0 Å². The van der Waals surface area contributed by atoms with E-state index in [9.17, 15) is 13.6 Å². The van der Waals surface area contributed by atoms with Crippen molar-refractivity contribution in [2.45, 2.75) is 6.61 Å². The number of carbonyl (C=O) groups is 1. The van der Waals surface area contributed by atoms with E-state index in [-0.39, 0.29) is 15.8 Å². The zero-order valence-electron chi connectivity index (χ0n) is 7.97. The fourth-order valence-electron chi connectivity index (χ4n) is 1.00. The van der Waals surface area contributed by atoms with Crippen LogP contribution < -0.4 is 4.74 Å². The van der Waals surface area contributed by atoms with Crippen LogP contribution in [0.15, 0.2) is 21.1 Å². The van der Waals surface area contributed by atoms with E-state index in [1.54, 1.807) is 0 Å². The molecule has 0 N–H and O–H groups in total. The van der Waals surface area contributed by atoms with Crippen LogP contribution in [0.25, 0.3) is 0 Å². The van der Waals surface area contributed by atoms with E-state index in [2.05, 4.69) is 41.3 Å². The van der Waals surface area contributed by atoms with Crippen molar-refractivity contribution < 1.29 is 23.0 Å². The number of hydrogen-bond donors (Lipinski definition) is 0. The van der Waals surface area contributed by atoms with Gasteiger partial charge in [-0.15, -0.1) is 0 Å². The van der Waals surface area contributed by atoms with Gasteiger partial charge in [0.25, 0.3) is 0 Å². The van der Waals surface area contributed by atoms with E-state index in [0.29, 0.717) is 4.47 Å². The number of rotatable bonds is 3. The molecule has 0 heterocycles. The van der Waals surface area contributed by atoms with E-state index < -0.39 is 12.6 Å². The Bertz CT molecular complexity index is 410. The second-order valence-corrected chi connectivity index (χ2v) is 4.34. The molecule has 0 aliphatic heterocycles. The highest BCUT2D eigenvalue weighted by Gasteiger charge is 2.18. The first-order chi connectivity index (χ1) is 7.45. The number of halogens is 4. The van der Waals surface area contributed by atoms with Crippen molar-refractivity contribution in [3.8, 4) is 5.75 Å². The van der Waals surface area contributed by atoms with Gasteiger partial charge in [0, 0.05) is 4.47 Å². The third-order valence-corrected chi connectivity index (χ3v) is 2.90. The average molecular weight is 360 g/mol. The minimum atomic E-state index is -2.96. The minimum Gasteiger partial charge on any atom is -0.465 e. The lowest BCUT2D eigenvalue weighted by Gasteiger charge is -2.10. The van der Waals surface area contributed by atoms with Crippen molar-refractivity contribution in [3.05, 3.63) is 26.6 Å². The predicted molar refractivity (Wildman–Crippen MR) is 59.8 cm³/mol. The quantitative estimate of drug-likeness (QED) is 0.773. The average Bonchev–Trinajstić information content (AvgIpc) is 2.21. The van der Waals surface area contributed by atoms with Crippen LogP contribution in [-0.4, -0.2) is 19.7 Å². The summed E-state index contributed by atoms with van der Waals surface area (Å²) in [6.07, 6.45) is 0. The molecule has 0 saturated heterocycles. The Kier molecular flexibility index (Phi) is 4.67. The maximum absolute atomic E-state index is 12.1. The molecule has 0 radical (unpaired) electrons. The van der Waals surface area contributed by atoms with Gasteiger partial charge in [-0.1, -0.05) is 15.9 Å². The molecular weight excluding hydrogens is 354 g/mol. The highest BCUT2D eigenvalue weighted by molar-refractivity contribution is 9.11. The Morgan fingerprint density at radius 2 is 2.00 bits per heavy atom. The molecule has 1 aromatic carbocycles. The van der Waals surface area contributed by atoms with Crippen molar-refractivity contribution in [1.82, 2.24) is 0 Å². The predicted octanol–water partition coefficient (Wildman–Crippen LogP) is 3.60. The molecule has 0 aromatic heterocycles. The van der Waals surface area contributed by atoms with Gasteiger partial charge in [-0.25, -0.2) is 4.79 Å². The lowest BCUT2D eigenvalue weighted by Crippen LogP contribution is -2.07. The number of esters is 1. The van der Waals surface area contributed by atoms with Crippen LogP contribution in [0, 0.1) is 0 Å². The van der Waals surface area contributed by atoms with Crippen LogP contribution in [0.4, 0.5) is 8.78 Å². The minimum absolute atomic E-state index is 0.104. The maximum atomic E-state index is 12.1. The standard InChI is InChI=1S/C9H6Br2F2O3/c1-15-8(14)5-2-4(10)3-6(7(5)11)16-9(12)13/h2-3,9H,1H3. The molecule has 0 bridgehead atoms. The molecule has 16 heavy (non-hydrogen) atoms. The molecule has 0 amide bonds. The Labute approximate surface area is 107 Å². The smallest absolute Gasteiger partial charge is 0.387 e. The van der Waals surface area contributed by atoms with Crippen molar-refractivity contribution in [1.29, 1.82) is 0 Å². The van der Waals surface area contributed by atoms with Crippen LogP contribution >= 0.6 is 31.9 Å². The highest BCUT2D eigenvalue weighted by atomic mass is 79.9. The molecule has 0 aliphatic rings. The van der Waals surface area contributed by atoms with Crippen molar-refractivity contribution in [3.63, 3.8) is 0 Å². The molecule has 0 atom stereocenters. The second-order valence-electron chi connectivity index (χ2n) is 2.64. The maximum Gasteiger partial charge on any atom is 0.387 e. The normalized spacial score (nSPS) is 10.4. The van der Waals surface area contributed by atoms with E-state index in [0.717, 1.165) is 0 Å². The summed E-state index contributed by atoms with van der Waals surface area (Å²) in [6, 6.07) is 2.76. The van der Waals surface area contributed by atoms with Gasteiger partial charge < -0.3 is 9.47 Å². The first-order valence-electron chi connectivity index (χ1n) is 3.98. The van der Waals surface area contributed by atoms with E-state index in [4.69, 9.17) is 0 Å².